The van der Waals surface area contributed by atoms with Gasteiger partial charge in [-0.2, -0.15) is 0 Å². The Hall–Kier alpha value is -2.66. The highest BCUT2D eigenvalue weighted by Crippen LogP contribution is 2.14. The molecule has 0 aliphatic carbocycles. The number of carbonyl (C=O) groups excluding carboxylic acids is 1. The van der Waals surface area contributed by atoms with Crippen LogP contribution in [0.5, 0.6) is 0 Å². The summed E-state index contributed by atoms with van der Waals surface area (Å²) in [6.07, 6.45) is 3.19. The van der Waals surface area contributed by atoms with Gasteiger partial charge in [-0.3, -0.25) is 10.1 Å². The number of nitrogens with zero attached hydrogens (tertiary/aromatic N) is 1. The van der Waals surface area contributed by atoms with Crippen molar-refractivity contribution in [3.05, 3.63) is 64.7 Å². The van der Waals surface area contributed by atoms with Crippen LogP contribution in [-0.4, -0.2) is 31.1 Å². The molecule has 148 valence electrons. The topological polar surface area (TPSA) is 62.7 Å². The summed E-state index contributed by atoms with van der Waals surface area (Å²) in [7, 11) is 0. The number of amides is 1. The Morgan fingerprint density at radius 1 is 1.14 bits per heavy atom. The van der Waals surface area contributed by atoms with E-state index in [9.17, 15) is 4.79 Å². The minimum absolute atomic E-state index is 0.123. The van der Waals surface area contributed by atoms with Gasteiger partial charge in [-0.15, -0.1) is 0 Å². The van der Waals surface area contributed by atoms with Gasteiger partial charge < -0.3 is 10.1 Å². The molecule has 1 heterocycles. The fourth-order valence-corrected chi connectivity index (χ4v) is 3.11. The average Bonchev–Trinajstić information content (AvgIpc) is 3.22. The Balaban J connectivity index is 1.74. The van der Waals surface area contributed by atoms with Crippen molar-refractivity contribution in [3.63, 3.8) is 0 Å². The molecule has 1 aliphatic rings. The summed E-state index contributed by atoms with van der Waals surface area (Å²) in [5.41, 5.74) is 5.04. The fraction of sp³-hybridized carbons (Fsp3) is 0.391. The number of guanidine groups is 1. The SMILES string of the molecule is CCc1ccc(NC(=NC[C@@H]2CCCO2)NC(=O)c2ccc(C)c(C)c2)cc1. The molecular formula is C23H29N3O2. The average molecular weight is 380 g/mol. The second-order valence-electron chi connectivity index (χ2n) is 7.25. The van der Waals surface area contributed by atoms with E-state index in [0.717, 1.165) is 42.7 Å². The lowest BCUT2D eigenvalue weighted by Gasteiger charge is -2.14. The molecule has 0 unspecified atom stereocenters. The highest BCUT2D eigenvalue weighted by molar-refractivity contribution is 6.10. The first kappa shape index (κ1) is 20.1. The van der Waals surface area contributed by atoms with E-state index in [1.807, 2.05) is 44.2 Å². The maximum Gasteiger partial charge on any atom is 0.257 e. The quantitative estimate of drug-likeness (QED) is 0.603. The molecule has 1 atom stereocenters. The number of aryl methyl sites for hydroxylation is 3. The van der Waals surface area contributed by atoms with Crippen LogP contribution in [0.1, 0.15) is 46.8 Å². The number of hydrogen-bond donors (Lipinski definition) is 2. The Morgan fingerprint density at radius 2 is 1.93 bits per heavy atom. The monoisotopic (exact) mass is 379 g/mol. The lowest BCUT2D eigenvalue weighted by atomic mass is 10.1. The van der Waals surface area contributed by atoms with Crippen LogP contribution < -0.4 is 10.6 Å². The molecule has 2 N–H and O–H groups in total. The van der Waals surface area contributed by atoms with Crippen molar-refractivity contribution in [2.45, 2.75) is 46.1 Å². The van der Waals surface area contributed by atoms with E-state index in [1.54, 1.807) is 0 Å². The van der Waals surface area contributed by atoms with Gasteiger partial charge in [0.25, 0.3) is 5.91 Å². The Morgan fingerprint density at radius 3 is 2.57 bits per heavy atom. The molecular weight excluding hydrogens is 350 g/mol. The second-order valence-corrected chi connectivity index (χ2v) is 7.25. The van der Waals surface area contributed by atoms with E-state index >= 15 is 0 Å². The van der Waals surface area contributed by atoms with E-state index in [1.165, 1.54) is 5.56 Å². The molecule has 5 nitrogen and oxygen atoms in total. The van der Waals surface area contributed by atoms with Gasteiger partial charge >= 0.3 is 0 Å². The molecule has 2 aromatic rings. The van der Waals surface area contributed by atoms with Crippen LogP contribution >= 0.6 is 0 Å². The number of carbonyl (C=O) groups is 1. The van der Waals surface area contributed by atoms with E-state index < -0.39 is 0 Å². The summed E-state index contributed by atoms with van der Waals surface area (Å²) >= 11 is 0. The lowest BCUT2D eigenvalue weighted by molar-refractivity contribution is 0.0975. The molecule has 28 heavy (non-hydrogen) atoms. The zero-order valence-corrected chi connectivity index (χ0v) is 16.9. The molecule has 0 bridgehead atoms. The number of anilines is 1. The fourth-order valence-electron chi connectivity index (χ4n) is 3.11. The van der Waals surface area contributed by atoms with Gasteiger partial charge in [0, 0.05) is 17.9 Å². The predicted octanol–water partition coefficient (Wildman–Crippen LogP) is 4.24. The minimum atomic E-state index is -0.174. The highest BCUT2D eigenvalue weighted by Gasteiger charge is 2.16. The van der Waals surface area contributed by atoms with Gasteiger partial charge in [0.2, 0.25) is 5.96 Å². The number of ether oxygens (including phenoxy) is 1. The summed E-state index contributed by atoms with van der Waals surface area (Å²) in [5.74, 6) is 0.273. The van der Waals surface area contributed by atoms with Crippen molar-refractivity contribution in [3.8, 4) is 0 Å². The molecule has 1 aliphatic heterocycles. The number of nitrogens with one attached hydrogen (secondary N) is 2. The molecule has 1 fully saturated rings. The molecule has 0 spiro atoms. The van der Waals surface area contributed by atoms with Crippen molar-refractivity contribution in [1.29, 1.82) is 0 Å². The smallest absolute Gasteiger partial charge is 0.257 e. The van der Waals surface area contributed by atoms with Gasteiger partial charge in [-0.25, -0.2) is 4.99 Å². The van der Waals surface area contributed by atoms with Crippen LogP contribution in [0.2, 0.25) is 0 Å². The molecule has 5 heteroatoms. The first-order valence-corrected chi connectivity index (χ1v) is 9.95. The molecule has 1 amide bonds. The number of benzene rings is 2. The summed E-state index contributed by atoms with van der Waals surface area (Å²) in [6, 6.07) is 13.9. The van der Waals surface area contributed by atoms with E-state index in [2.05, 4.69) is 34.7 Å². The third-order valence-corrected chi connectivity index (χ3v) is 5.10. The van der Waals surface area contributed by atoms with Crippen LogP contribution in [0.3, 0.4) is 0 Å². The van der Waals surface area contributed by atoms with E-state index in [4.69, 9.17) is 4.74 Å². The van der Waals surface area contributed by atoms with Crippen molar-refractivity contribution < 1.29 is 9.53 Å². The summed E-state index contributed by atoms with van der Waals surface area (Å²) < 4.78 is 5.65. The van der Waals surface area contributed by atoms with Crippen molar-refractivity contribution in [2.24, 2.45) is 4.99 Å². The van der Waals surface area contributed by atoms with Crippen molar-refractivity contribution in [2.75, 3.05) is 18.5 Å². The second kappa shape index (κ2) is 9.51. The van der Waals surface area contributed by atoms with Gasteiger partial charge in [0.05, 0.1) is 12.6 Å². The molecule has 0 saturated carbocycles. The largest absolute Gasteiger partial charge is 0.376 e. The number of hydrogen-bond acceptors (Lipinski definition) is 3. The van der Waals surface area contributed by atoms with Crippen LogP contribution in [-0.2, 0) is 11.2 Å². The number of rotatable bonds is 5. The summed E-state index contributed by atoms with van der Waals surface area (Å²) in [6.45, 7) is 7.48. The van der Waals surface area contributed by atoms with Crippen LogP contribution in [0.4, 0.5) is 5.69 Å². The summed E-state index contributed by atoms with van der Waals surface area (Å²) in [5, 5.41) is 6.17. The Kier molecular flexibility index (Phi) is 6.82. The maximum atomic E-state index is 12.7. The predicted molar refractivity (Wildman–Crippen MR) is 114 cm³/mol. The zero-order chi connectivity index (χ0) is 19.9. The summed E-state index contributed by atoms with van der Waals surface area (Å²) in [4.78, 5) is 17.3. The first-order valence-electron chi connectivity index (χ1n) is 9.95. The standard InChI is InChI=1S/C23H29N3O2/c1-4-18-8-11-20(12-9-18)25-23(24-15-21-6-5-13-28-21)26-22(27)19-10-7-16(2)17(3)14-19/h7-12,14,21H,4-6,13,15H2,1-3H3,(H2,24,25,26,27)/t21-/m0/s1. The van der Waals surface area contributed by atoms with E-state index in [-0.39, 0.29) is 12.0 Å². The van der Waals surface area contributed by atoms with Crippen LogP contribution in [0.15, 0.2) is 47.5 Å². The Bertz CT molecular complexity index is 837. The van der Waals surface area contributed by atoms with Gasteiger partial charge in [0.15, 0.2) is 0 Å². The van der Waals surface area contributed by atoms with Gasteiger partial charge in [-0.05, 0) is 74.1 Å². The molecule has 2 aromatic carbocycles. The third kappa shape index (κ3) is 5.42. The zero-order valence-electron chi connectivity index (χ0n) is 16.9. The van der Waals surface area contributed by atoms with E-state index in [0.29, 0.717) is 18.1 Å². The van der Waals surface area contributed by atoms with Crippen LogP contribution in [0, 0.1) is 13.8 Å². The van der Waals surface area contributed by atoms with Crippen molar-refractivity contribution in [1.82, 2.24) is 5.32 Å². The van der Waals surface area contributed by atoms with Gasteiger partial charge in [-0.1, -0.05) is 25.1 Å². The molecule has 0 radical (unpaired) electrons. The number of aliphatic imine (C=N–C) groups is 1. The third-order valence-electron chi connectivity index (χ3n) is 5.10. The first-order chi connectivity index (χ1) is 13.5. The minimum Gasteiger partial charge on any atom is -0.376 e. The lowest BCUT2D eigenvalue weighted by Crippen LogP contribution is -2.36. The molecule has 0 aromatic heterocycles. The van der Waals surface area contributed by atoms with Crippen molar-refractivity contribution >= 4 is 17.6 Å². The highest BCUT2D eigenvalue weighted by atomic mass is 16.5. The normalized spacial score (nSPS) is 16.8. The molecule has 3 rings (SSSR count). The Labute approximate surface area is 167 Å². The van der Waals surface area contributed by atoms with Crippen LogP contribution in [0.25, 0.3) is 0 Å². The maximum absolute atomic E-state index is 12.7. The molecule has 1 saturated heterocycles. The van der Waals surface area contributed by atoms with Gasteiger partial charge in [0.1, 0.15) is 0 Å².